The molecule has 1 aromatic rings. The normalized spacial score (nSPS) is 22.3. The van der Waals surface area contributed by atoms with Gasteiger partial charge in [0.25, 0.3) is 0 Å². The Morgan fingerprint density at radius 1 is 1.38 bits per heavy atom. The molecule has 1 unspecified atom stereocenters. The van der Waals surface area contributed by atoms with Gasteiger partial charge in [0.05, 0.1) is 6.42 Å². The van der Waals surface area contributed by atoms with Gasteiger partial charge in [-0.05, 0) is 37.8 Å². The Balaban J connectivity index is 1.80. The van der Waals surface area contributed by atoms with E-state index in [0.717, 1.165) is 30.5 Å². The van der Waals surface area contributed by atoms with Gasteiger partial charge in [0.2, 0.25) is 0 Å². The lowest BCUT2D eigenvalue weighted by atomic mass is 9.79. The zero-order chi connectivity index (χ0) is 15.0. The number of urea groups is 1. The Bertz CT molecular complexity index is 581. The van der Waals surface area contributed by atoms with Crippen molar-refractivity contribution < 1.29 is 14.7 Å². The van der Waals surface area contributed by atoms with Crippen LogP contribution in [0, 0.1) is 0 Å². The molecule has 1 fully saturated rings. The van der Waals surface area contributed by atoms with Crippen LogP contribution in [-0.4, -0.2) is 29.2 Å². The molecule has 3 rings (SSSR count). The average Bonchev–Trinajstić information content (AvgIpc) is 2.76. The predicted octanol–water partition coefficient (Wildman–Crippen LogP) is 2.72. The first-order valence-electron chi connectivity index (χ1n) is 7.39. The van der Waals surface area contributed by atoms with Crippen LogP contribution in [0.15, 0.2) is 24.3 Å². The predicted molar refractivity (Wildman–Crippen MR) is 79.6 cm³/mol. The van der Waals surface area contributed by atoms with E-state index in [4.69, 9.17) is 5.11 Å². The maximum absolute atomic E-state index is 12.5. The van der Waals surface area contributed by atoms with Crippen molar-refractivity contribution in [2.24, 2.45) is 0 Å². The van der Waals surface area contributed by atoms with Gasteiger partial charge in [-0.15, -0.1) is 0 Å². The number of anilines is 1. The lowest BCUT2D eigenvalue weighted by Crippen LogP contribution is -2.55. The van der Waals surface area contributed by atoms with E-state index >= 15 is 0 Å². The summed E-state index contributed by atoms with van der Waals surface area (Å²) in [5, 5.41) is 12.1. The molecule has 1 atom stereocenters. The van der Waals surface area contributed by atoms with Gasteiger partial charge in [0.15, 0.2) is 0 Å². The molecular formula is C16H20N2O3. The summed E-state index contributed by atoms with van der Waals surface area (Å²) < 4.78 is 0. The third-order valence-electron chi connectivity index (χ3n) is 4.60. The quantitative estimate of drug-likeness (QED) is 0.898. The Morgan fingerprint density at radius 2 is 2.10 bits per heavy atom. The van der Waals surface area contributed by atoms with Crippen molar-refractivity contribution in [1.29, 1.82) is 0 Å². The van der Waals surface area contributed by atoms with Gasteiger partial charge in [-0.2, -0.15) is 0 Å². The molecule has 112 valence electrons. The molecule has 5 nitrogen and oxygen atoms in total. The van der Waals surface area contributed by atoms with E-state index in [1.165, 1.54) is 0 Å². The van der Waals surface area contributed by atoms with Gasteiger partial charge in [-0.1, -0.05) is 18.2 Å². The van der Waals surface area contributed by atoms with Gasteiger partial charge in [-0.3, -0.25) is 9.69 Å². The van der Waals surface area contributed by atoms with Crippen LogP contribution < -0.4 is 10.2 Å². The van der Waals surface area contributed by atoms with E-state index < -0.39 is 5.97 Å². The highest BCUT2D eigenvalue weighted by atomic mass is 16.4. The number of carbonyl (C=O) groups is 2. The molecule has 2 N–H and O–H groups in total. The van der Waals surface area contributed by atoms with Crippen molar-refractivity contribution in [1.82, 2.24) is 5.32 Å². The molecule has 0 radical (unpaired) electrons. The molecule has 1 aliphatic heterocycles. The number of carbonyl (C=O) groups excluding carboxylic acids is 1. The minimum absolute atomic E-state index is 0.0536. The first-order valence-corrected chi connectivity index (χ1v) is 7.39. The van der Waals surface area contributed by atoms with Crippen molar-refractivity contribution >= 4 is 17.7 Å². The molecule has 1 saturated carbocycles. The molecule has 1 aromatic carbocycles. The highest BCUT2D eigenvalue weighted by molar-refractivity contribution is 5.95. The van der Waals surface area contributed by atoms with E-state index in [1.54, 1.807) is 4.90 Å². The van der Waals surface area contributed by atoms with Gasteiger partial charge < -0.3 is 10.4 Å². The summed E-state index contributed by atoms with van der Waals surface area (Å²) in [6, 6.07) is 7.47. The van der Waals surface area contributed by atoms with E-state index in [2.05, 4.69) is 12.2 Å². The van der Waals surface area contributed by atoms with E-state index in [9.17, 15) is 9.59 Å². The Kier molecular flexibility index (Phi) is 3.35. The topological polar surface area (TPSA) is 69.6 Å². The molecule has 1 heterocycles. The van der Waals surface area contributed by atoms with Crippen LogP contribution in [-0.2, 0) is 4.79 Å². The second-order valence-electron chi connectivity index (χ2n) is 6.31. The smallest absolute Gasteiger partial charge is 0.322 e. The lowest BCUT2D eigenvalue weighted by molar-refractivity contribution is -0.137. The summed E-state index contributed by atoms with van der Waals surface area (Å²) in [7, 11) is 0. The maximum atomic E-state index is 12.5. The third kappa shape index (κ3) is 2.60. The van der Waals surface area contributed by atoms with Crippen molar-refractivity contribution in [3.05, 3.63) is 29.8 Å². The second kappa shape index (κ2) is 5.06. The largest absolute Gasteiger partial charge is 0.481 e. The van der Waals surface area contributed by atoms with Crippen molar-refractivity contribution in [3.63, 3.8) is 0 Å². The van der Waals surface area contributed by atoms with Crippen LogP contribution in [0.4, 0.5) is 10.5 Å². The van der Waals surface area contributed by atoms with E-state index in [0.29, 0.717) is 6.54 Å². The molecular weight excluding hydrogens is 268 g/mol. The molecule has 0 bridgehead atoms. The highest BCUT2D eigenvalue weighted by Gasteiger charge is 2.38. The molecule has 2 aliphatic rings. The van der Waals surface area contributed by atoms with Crippen molar-refractivity contribution in [2.75, 3.05) is 11.4 Å². The standard InChI is InChI=1S/C16H20N2O3/c1-16(7-4-8-16)17-15(21)18-10-11(9-14(19)20)12-5-2-3-6-13(12)18/h2-3,5-6,11H,4,7-10H2,1H3,(H,17,21)(H,19,20). The summed E-state index contributed by atoms with van der Waals surface area (Å²) in [5.74, 6) is -0.957. The van der Waals surface area contributed by atoms with Crippen LogP contribution in [0.5, 0.6) is 0 Å². The number of nitrogens with zero attached hydrogens (tertiary/aromatic N) is 1. The number of hydrogen-bond acceptors (Lipinski definition) is 2. The number of benzene rings is 1. The number of nitrogens with one attached hydrogen (secondary N) is 1. The van der Waals surface area contributed by atoms with E-state index in [-0.39, 0.29) is 23.9 Å². The number of carboxylic acid groups (broad SMARTS) is 1. The van der Waals surface area contributed by atoms with Gasteiger partial charge >= 0.3 is 12.0 Å². The Morgan fingerprint density at radius 3 is 2.71 bits per heavy atom. The fourth-order valence-electron chi connectivity index (χ4n) is 3.23. The number of carboxylic acids is 1. The second-order valence-corrected chi connectivity index (χ2v) is 6.31. The molecule has 0 aromatic heterocycles. The Hall–Kier alpha value is -2.04. The van der Waals surface area contributed by atoms with Gasteiger partial charge in [-0.25, -0.2) is 4.79 Å². The first-order chi connectivity index (χ1) is 9.98. The van der Waals surface area contributed by atoms with Crippen LogP contribution >= 0.6 is 0 Å². The molecule has 1 aliphatic carbocycles. The fraction of sp³-hybridized carbons (Fsp3) is 0.500. The minimum atomic E-state index is -0.831. The number of amides is 2. The van der Waals surface area contributed by atoms with Crippen LogP contribution in [0.1, 0.15) is 44.1 Å². The lowest BCUT2D eigenvalue weighted by Gasteiger charge is -2.40. The molecule has 0 spiro atoms. The number of para-hydroxylation sites is 1. The minimum Gasteiger partial charge on any atom is -0.481 e. The SMILES string of the molecule is CC1(NC(=O)N2CC(CC(=O)O)c3ccccc32)CCC1. The summed E-state index contributed by atoms with van der Waals surface area (Å²) in [6.45, 7) is 2.50. The summed E-state index contributed by atoms with van der Waals surface area (Å²) in [4.78, 5) is 25.2. The van der Waals surface area contributed by atoms with Crippen LogP contribution in [0.2, 0.25) is 0 Å². The third-order valence-corrected chi connectivity index (χ3v) is 4.60. The monoisotopic (exact) mass is 288 g/mol. The highest BCUT2D eigenvalue weighted by Crippen LogP contribution is 2.39. The fourth-order valence-corrected chi connectivity index (χ4v) is 3.23. The molecule has 0 saturated heterocycles. The molecule has 21 heavy (non-hydrogen) atoms. The van der Waals surface area contributed by atoms with Crippen molar-refractivity contribution in [2.45, 2.75) is 44.1 Å². The number of rotatable bonds is 3. The average molecular weight is 288 g/mol. The zero-order valence-electron chi connectivity index (χ0n) is 12.1. The molecule has 5 heteroatoms. The summed E-state index contributed by atoms with van der Waals surface area (Å²) in [5.41, 5.74) is 1.69. The maximum Gasteiger partial charge on any atom is 0.322 e. The summed E-state index contributed by atoms with van der Waals surface area (Å²) >= 11 is 0. The number of aliphatic carboxylic acids is 1. The first kappa shape index (κ1) is 13.9. The number of hydrogen-bond donors (Lipinski definition) is 2. The van der Waals surface area contributed by atoms with E-state index in [1.807, 2.05) is 24.3 Å². The summed E-state index contributed by atoms with van der Waals surface area (Å²) in [6.07, 6.45) is 3.21. The Labute approximate surface area is 123 Å². The number of fused-ring (bicyclic) bond motifs is 1. The van der Waals surface area contributed by atoms with Gasteiger partial charge in [0, 0.05) is 23.7 Å². The zero-order valence-corrected chi connectivity index (χ0v) is 12.1. The van der Waals surface area contributed by atoms with Crippen molar-refractivity contribution in [3.8, 4) is 0 Å². The van der Waals surface area contributed by atoms with Crippen LogP contribution in [0.3, 0.4) is 0 Å². The molecule has 2 amide bonds. The van der Waals surface area contributed by atoms with Crippen LogP contribution in [0.25, 0.3) is 0 Å². The van der Waals surface area contributed by atoms with Gasteiger partial charge in [0.1, 0.15) is 0 Å².